The highest BCUT2D eigenvalue weighted by atomic mass is 35.5. The highest BCUT2D eigenvalue weighted by molar-refractivity contribution is 7.99. The van der Waals surface area contributed by atoms with Crippen LogP contribution in [0.3, 0.4) is 0 Å². The van der Waals surface area contributed by atoms with Crippen molar-refractivity contribution in [3.8, 4) is 5.75 Å². The number of ether oxygens (including phenoxy) is 1. The number of halogens is 1. The third-order valence-electron chi connectivity index (χ3n) is 5.84. The van der Waals surface area contributed by atoms with E-state index in [9.17, 15) is 4.79 Å². The first-order chi connectivity index (χ1) is 16.4. The topological polar surface area (TPSA) is 94.8 Å². The smallest absolute Gasteiger partial charge is 0.236 e. The summed E-state index contributed by atoms with van der Waals surface area (Å²) >= 11 is 8.94. The Morgan fingerprint density at radius 3 is 2.79 bits per heavy atom. The molecule has 1 amide bonds. The zero-order valence-electron chi connectivity index (χ0n) is 19.6. The highest BCUT2D eigenvalue weighted by Gasteiger charge is 2.22. The number of amides is 1. The molecule has 1 saturated carbocycles. The molecule has 182 valence electrons. The Kier molecular flexibility index (Phi) is 8.44. The molecule has 1 N–H and O–H groups in total. The molecule has 1 unspecified atom stereocenters. The molecule has 0 aliphatic heterocycles. The number of nitrogens with one attached hydrogen (secondary N) is 1. The van der Waals surface area contributed by atoms with Crippen LogP contribution in [0.1, 0.15) is 74.4 Å². The van der Waals surface area contributed by atoms with Gasteiger partial charge in [-0.15, -0.1) is 20.4 Å². The third-order valence-corrected chi connectivity index (χ3v) is 8.23. The lowest BCUT2D eigenvalue weighted by molar-refractivity contribution is -0.113. The number of hydrogen-bond acceptors (Lipinski definition) is 8. The molecule has 1 aromatic carbocycles. The first kappa shape index (κ1) is 24.9. The summed E-state index contributed by atoms with van der Waals surface area (Å²) in [7, 11) is 0. The van der Waals surface area contributed by atoms with Crippen molar-refractivity contribution in [2.24, 2.45) is 0 Å². The van der Waals surface area contributed by atoms with Gasteiger partial charge in [-0.25, -0.2) is 0 Å². The lowest BCUT2D eigenvalue weighted by Crippen LogP contribution is -2.15. The Bertz CT molecular complexity index is 1130. The molecule has 1 aliphatic rings. The van der Waals surface area contributed by atoms with Gasteiger partial charge in [-0.3, -0.25) is 10.1 Å². The van der Waals surface area contributed by atoms with E-state index in [1.54, 1.807) is 0 Å². The van der Waals surface area contributed by atoms with Crippen LogP contribution >= 0.6 is 34.7 Å². The molecule has 0 spiro atoms. The average molecular weight is 521 g/mol. The first-order valence-electron chi connectivity index (χ1n) is 11.6. The van der Waals surface area contributed by atoms with Gasteiger partial charge in [-0.2, -0.15) is 0 Å². The van der Waals surface area contributed by atoms with Gasteiger partial charge in [-0.1, -0.05) is 54.0 Å². The number of carbonyl (C=O) groups is 1. The van der Waals surface area contributed by atoms with E-state index < -0.39 is 0 Å². The predicted octanol–water partition coefficient (Wildman–Crippen LogP) is 6.03. The van der Waals surface area contributed by atoms with Gasteiger partial charge >= 0.3 is 0 Å². The fourth-order valence-corrected chi connectivity index (χ4v) is 5.89. The largest absolute Gasteiger partial charge is 0.483 e. The van der Waals surface area contributed by atoms with Gasteiger partial charge in [0, 0.05) is 17.5 Å². The van der Waals surface area contributed by atoms with Crippen molar-refractivity contribution in [2.75, 3.05) is 11.1 Å². The summed E-state index contributed by atoms with van der Waals surface area (Å²) in [6.45, 7) is 6.55. The van der Waals surface area contributed by atoms with E-state index in [4.69, 9.17) is 16.3 Å². The van der Waals surface area contributed by atoms with Gasteiger partial charge in [0.25, 0.3) is 0 Å². The maximum absolute atomic E-state index is 12.5. The van der Waals surface area contributed by atoms with Crippen LogP contribution in [0.4, 0.5) is 5.13 Å². The lowest BCUT2D eigenvalue weighted by atomic mass is 9.90. The minimum Gasteiger partial charge on any atom is -0.483 e. The maximum Gasteiger partial charge on any atom is 0.236 e. The fourth-order valence-electron chi connectivity index (χ4n) is 4.04. The van der Waals surface area contributed by atoms with Crippen molar-refractivity contribution in [3.05, 3.63) is 39.6 Å². The molecule has 3 aromatic rings. The van der Waals surface area contributed by atoms with Crippen LogP contribution in [0.2, 0.25) is 5.02 Å². The van der Waals surface area contributed by atoms with Crippen LogP contribution in [0.15, 0.2) is 23.4 Å². The van der Waals surface area contributed by atoms with Crippen LogP contribution in [-0.4, -0.2) is 36.6 Å². The van der Waals surface area contributed by atoms with E-state index in [0.29, 0.717) is 33.6 Å². The minimum absolute atomic E-state index is 0.135. The maximum atomic E-state index is 12.5. The van der Waals surface area contributed by atoms with Gasteiger partial charge in [-0.05, 0) is 57.4 Å². The van der Waals surface area contributed by atoms with Gasteiger partial charge in [0.1, 0.15) is 10.8 Å². The second kappa shape index (κ2) is 11.5. The summed E-state index contributed by atoms with van der Waals surface area (Å²) in [5.74, 6) is 1.98. The summed E-state index contributed by atoms with van der Waals surface area (Å²) in [4.78, 5) is 12.5. The van der Waals surface area contributed by atoms with Crippen LogP contribution < -0.4 is 10.1 Å². The van der Waals surface area contributed by atoms with Gasteiger partial charge in [0.2, 0.25) is 11.0 Å². The Hall–Kier alpha value is -2.17. The van der Waals surface area contributed by atoms with Gasteiger partial charge in [0.15, 0.2) is 17.1 Å². The Balaban J connectivity index is 1.33. The summed E-state index contributed by atoms with van der Waals surface area (Å²) in [6.07, 6.45) is 5.79. The average Bonchev–Trinajstić information content (AvgIpc) is 3.47. The van der Waals surface area contributed by atoms with Crippen molar-refractivity contribution < 1.29 is 9.53 Å². The monoisotopic (exact) mass is 520 g/mol. The number of aryl methyl sites for hydroxylation is 1. The standard InChI is InChI=1S/C23H29ClN6O2S2/c1-4-30-20(15(3)32-17-10-11-18(24)14(2)12-17)26-29-23(30)33-13-19(31)25-22-28-27-21(34-22)16-8-6-5-7-9-16/h10-12,15-16H,4-9,13H2,1-3H3,(H,25,28,31). The lowest BCUT2D eigenvalue weighted by Gasteiger charge is -2.18. The molecule has 1 atom stereocenters. The number of aromatic nitrogens is 5. The number of rotatable bonds is 9. The van der Waals surface area contributed by atoms with Crippen molar-refractivity contribution in [2.45, 2.75) is 76.6 Å². The van der Waals surface area contributed by atoms with E-state index in [2.05, 4.69) is 25.7 Å². The zero-order chi connectivity index (χ0) is 24.1. The fraction of sp³-hybridized carbons (Fsp3) is 0.522. The number of benzene rings is 1. The molecule has 0 bridgehead atoms. The number of thioether (sulfide) groups is 1. The Labute approximate surface area is 212 Å². The van der Waals surface area contributed by atoms with Crippen molar-refractivity contribution in [1.29, 1.82) is 0 Å². The SMILES string of the molecule is CCn1c(SCC(=O)Nc2nnc(C3CCCCC3)s2)nnc1C(C)Oc1ccc(Cl)c(C)c1. The van der Waals surface area contributed by atoms with Crippen LogP contribution in [-0.2, 0) is 11.3 Å². The normalized spacial score (nSPS) is 15.3. The quantitative estimate of drug-likeness (QED) is 0.344. The van der Waals surface area contributed by atoms with E-state index in [1.807, 2.05) is 43.5 Å². The highest BCUT2D eigenvalue weighted by Crippen LogP contribution is 2.35. The summed E-state index contributed by atoms with van der Waals surface area (Å²) in [5.41, 5.74) is 0.951. The molecular formula is C23H29ClN6O2S2. The molecular weight excluding hydrogens is 492 g/mol. The second-order valence-corrected chi connectivity index (χ2v) is 10.7. The van der Waals surface area contributed by atoms with Crippen LogP contribution in [0, 0.1) is 6.92 Å². The van der Waals surface area contributed by atoms with Crippen LogP contribution in [0.25, 0.3) is 0 Å². The molecule has 1 aliphatic carbocycles. The van der Waals surface area contributed by atoms with Gasteiger partial charge < -0.3 is 9.30 Å². The zero-order valence-corrected chi connectivity index (χ0v) is 22.0. The van der Waals surface area contributed by atoms with E-state index >= 15 is 0 Å². The summed E-state index contributed by atoms with van der Waals surface area (Å²) < 4.78 is 8.03. The molecule has 34 heavy (non-hydrogen) atoms. The second-order valence-electron chi connectivity index (χ2n) is 8.37. The minimum atomic E-state index is -0.309. The van der Waals surface area contributed by atoms with Gasteiger partial charge in [0.05, 0.1) is 5.75 Å². The molecule has 2 heterocycles. The van der Waals surface area contributed by atoms with E-state index in [0.717, 1.165) is 29.2 Å². The molecule has 1 fully saturated rings. The van der Waals surface area contributed by atoms with Crippen molar-refractivity contribution in [1.82, 2.24) is 25.0 Å². The molecule has 8 nitrogen and oxygen atoms in total. The molecule has 0 radical (unpaired) electrons. The third kappa shape index (κ3) is 6.09. The number of carbonyl (C=O) groups excluding carboxylic acids is 1. The van der Waals surface area contributed by atoms with Crippen molar-refractivity contribution >= 4 is 45.7 Å². The molecule has 4 rings (SSSR count). The number of nitrogens with zero attached hydrogens (tertiary/aromatic N) is 5. The van der Waals surface area contributed by atoms with Crippen molar-refractivity contribution in [3.63, 3.8) is 0 Å². The summed E-state index contributed by atoms with van der Waals surface area (Å²) in [5, 5.41) is 22.9. The Morgan fingerprint density at radius 1 is 1.26 bits per heavy atom. The summed E-state index contributed by atoms with van der Waals surface area (Å²) in [6, 6.07) is 5.56. The predicted molar refractivity (Wildman–Crippen MR) is 136 cm³/mol. The van der Waals surface area contributed by atoms with E-state index in [1.165, 1.54) is 42.4 Å². The number of anilines is 1. The first-order valence-corrected chi connectivity index (χ1v) is 13.7. The van der Waals surface area contributed by atoms with Crippen LogP contribution in [0.5, 0.6) is 5.75 Å². The number of hydrogen-bond donors (Lipinski definition) is 1. The molecule has 0 saturated heterocycles. The molecule has 11 heteroatoms. The Morgan fingerprint density at radius 2 is 2.06 bits per heavy atom. The molecule has 2 aromatic heterocycles. The van der Waals surface area contributed by atoms with E-state index in [-0.39, 0.29) is 17.8 Å².